The Hall–Kier alpha value is -1.02. The lowest BCUT2D eigenvalue weighted by molar-refractivity contribution is 0.275. The molecule has 1 rings (SSSR count). The third-order valence-corrected chi connectivity index (χ3v) is 3.39. The molecule has 0 saturated heterocycles. The van der Waals surface area contributed by atoms with Gasteiger partial charge in [0.25, 0.3) is 0 Å². The molecule has 0 radical (unpaired) electrons. The van der Waals surface area contributed by atoms with E-state index in [0.717, 1.165) is 37.2 Å². The van der Waals surface area contributed by atoms with Crippen molar-refractivity contribution in [2.75, 3.05) is 13.2 Å². The molecule has 0 saturated carbocycles. The molecule has 2 nitrogen and oxygen atoms in total. The van der Waals surface area contributed by atoms with Gasteiger partial charge in [0.05, 0.1) is 6.61 Å². The minimum Gasteiger partial charge on any atom is -0.494 e. The Kier molecular flexibility index (Phi) is 8.36. The van der Waals surface area contributed by atoms with E-state index in [0.29, 0.717) is 6.04 Å². The van der Waals surface area contributed by atoms with E-state index in [-0.39, 0.29) is 0 Å². The third kappa shape index (κ3) is 8.21. The first kappa shape index (κ1) is 17.0. The Balaban J connectivity index is 2.23. The van der Waals surface area contributed by atoms with Gasteiger partial charge in [-0.15, -0.1) is 0 Å². The Labute approximate surface area is 124 Å². The number of nitrogens with one attached hydrogen (secondary N) is 1. The van der Waals surface area contributed by atoms with Crippen LogP contribution in [0, 0.1) is 11.8 Å². The van der Waals surface area contributed by atoms with E-state index in [2.05, 4.69) is 33.0 Å². The second-order valence-corrected chi connectivity index (χ2v) is 6.36. The van der Waals surface area contributed by atoms with Gasteiger partial charge < -0.3 is 10.1 Å². The van der Waals surface area contributed by atoms with Crippen LogP contribution in [0.15, 0.2) is 30.3 Å². The molecule has 1 aromatic rings. The van der Waals surface area contributed by atoms with Gasteiger partial charge in [0.15, 0.2) is 0 Å². The van der Waals surface area contributed by atoms with Gasteiger partial charge in [0.2, 0.25) is 0 Å². The fourth-order valence-corrected chi connectivity index (χ4v) is 2.45. The Morgan fingerprint density at radius 1 is 1.05 bits per heavy atom. The van der Waals surface area contributed by atoms with Crippen LogP contribution in [0.3, 0.4) is 0 Å². The van der Waals surface area contributed by atoms with Crippen molar-refractivity contribution in [2.45, 2.75) is 53.0 Å². The fourth-order valence-electron chi connectivity index (χ4n) is 2.45. The minimum atomic E-state index is 0.574. The van der Waals surface area contributed by atoms with Gasteiger partial charge in [-0.3, -0.25) is 0 Å². The Bertz CT molecular complexity index is 335. The molecule has 0 bridgehead atoms. The van der Waals surface area contributed by atoms with Crippen molar-refractivity contribution in [1.29, 1.82) is 0 Å². The smallest absolute Gasteiger partial charge is 0.119 e. The van der Waals surface area contributed by atoms with Crippen LogP contribution in [0.1, 0.15) is 47.0 Å². The number of para-hydroxylation sites is 1. The standard InChI is InChI=1S/C18H31NO/c1-15(2)13-17(14-19-16(3)4)9-8-12-20-18-10-6-5-7-11-18/h5-7,10-11,15-17,19H,8-9,12-14H2,1-4H3. The van der Waals surface area contributed by atoms with E-state index >= 15 is 0 Å². The number of hydrogen-bond donors (Lipinski definition) is 1. The van der Waals surface area contributed by atoms with Crippen LogP contribution in [0.2, 0.25) is 0 Å². The molecule has 114 valence electrons. The van der Waals surface area contributed by atoms with Crippen molar-refractivity contribution in [1.82, 2.24) is 5.32 Å². The first-order valence-corrected chi connectivity index (χ1v) is 7.99. The number of ether oxygens (including phenoxy) is 1. The predicted octanol–water partition coefficient (Wildman–Crippen LogP) is 4.51. The predicted molar refractivity (Wildman–Crippen MR) is 87.3 cm³/mol. The van der Waals surface area contributed by atoms with Gasteiger partial charge in [-0.05, 0) is 49.8 Å². The summed E-state index contributed by atoms with van der Waals surface area (Å²) in [5.41, 5.74) is 0. The van der Waals surface area contributed by atoms with Crippen LogP contribution < -0.4 is 10.1 Å². The minimum absolute atomic E-state index is 0.574. The maximum atomic E-state index is 5.77. The van der Waals surface area contributed by atoms with E-state index in [1.165, 1.54) is 12.8 Å². The molecule has 0 fully saturated rings. The SMILES string of the molecule is CC(C)CC(CCCOc1ccccc1)CNC(C)C. The molecule has 0 spiro atoms. The van der Waals surface area contributed by atoms with Gasteiger partial charge in [-0.25, -0.2) is 0 Å². The average Bonchev–Trinajstić information content (AvgIpc) is 2.41. The topological polar surface area (TPSA) is 21.3 Å². The highest BCUT2D eigenvalue weighted by Gasteiger charge is 2.11. The highest BCUT2D eigenvalue weighted by Crippen LogP contribution is 2.17. The summed E-state index contributed by atoms with van der Waals surface area (Å²) in [6.45, 7) is 11.0. The van der Waals surface area contributed by atoms with E-state index < -0.39 is 0 Å². The lowest BCUT2D eigenvalue weighted by atomic mass is 9.92. The van der Waals surface area contributed by atoms with Gasteiger partial charge in [0.1, 0.15) is 5.75 Å². The lowest BCUT2D eigenvalue weighted by Gasteiger charge is -2.21. The molecule has 0 aromatic heterocycles. The van der Waals surface area contributed by atoms with Crippen molar-refractivity contribution in [2.24, 2.45) is 11.8 Å². The molecule has 1 unspecified atom stereocenters. The number of benzene rings is 1. The van der Waals surface area contributed by atoms with Crippen LogP contribution in [-0.4, -0.2) is 19.2 Å². The first-order chi connectivity index (χ1) is 9.58. The van der Waals surface area contributed by atoms with Gasteiger partial charge in [-0.1, -0.05) is 45.9 Å². The first-order valence-electron chi connectivity index (χ1n) is 7.99. The lowest BCUT2D eigenvalue weighted by Crippen LogP contribution is -2.29. The summed E-state index contributed by atoms with van der Waals surface area (Å²) in [5, 5.41) is 3.57. The summed E-state index contributed by atoms with van der Waals surface area (Å²) in [7, 11) is 0. The largest absolute Gasteiger partial charge is 0.494 e. The fraction of sp³-hybridized carbons (Fsp3) is 0.667. The second kappa shape index (κ2) is 9.82. The summed E-state index contributed by atoms with van der Waals surface area (Å²) < 4.78 is 5.77. The summed E-state index contributed by atoms with van der Waals surface area (Å²) in [4.78, 5) is 0. The Morgan fingerprint density at radius 3 is 2.35 bits per heavy atom. The summed E-state index contributed by atoms with van der Waals surface area (Å²) >= 11 is 0. The van der Waals surface area contributed by atoms with Crippen LogP contribution in [-0.2, 0) is 0 Å². The van der Waals surface area contributed by atoms with Crippen molar-refractivity contribution in [3.63, 3.8) is 0 Å². The quantitative estimate of drug-likeness (QED) is 0.636. The molecule has 1 aromatic carbocycles. The normalized spacial score (nSPS) is 12.9. The molecule has 20 heavy (non-hydrogen) atoms. The van der Waals surface area contributed by atoms with Crippen LogP contribution in [0.5, 0.6) is 5.75 Å². The second-order valence-electron chi connectivity index (χ2n) is 6.36. The van der Waals surface area contributed by atoms with Crippen LogP contribution in [0.25, 0.3) is 0 Å². The van der Waals surface area contributed by atoms with E-state index in [4.69, 9.17) is 4.74 Å². The van der Waals surface area contributed by atoms with E-state index in [1.54, 1.807) is 0 Å². The maximum Gasteiger partial charge on any atom is 0.119 e. The molecule has 2 heteroatoms. The zero-order chi connectivity index (χ0) is 14.8. The molecule has 1 atom stereocenters. The van der Waals surface area contributed by atoms with Crippen molar-refractivity contribution < 1.29 is 4.74 Å². The van der Waals surface area contributed by atoms with Crippen molar-refractivity contribution in [3.05, 3.63) is 30.3 Å². The molecule has 1 N–H and O–H groups in total. The van der Waals surface area contributed by atoms with Crippen LogP contribution >= 0.6 is 0 Å². The van der Waals surface area contributed by atoms with Gasteiger partial charge in [0, 0.05) is 6.04 Å². The molecule has 0 aliphatic rings. The average molecular weight is 277 g/mol. The van der Waals surface area contributed by atoms with Crippen molar-refractivity contribution in [3.8, 4) is 5.75 Å². The molecule has 0 amide bonds. The molecule has 0 aliphatic heterocycles. The monoisotopic (exact) mass is 277 g/mol. The van der Waals surface area contributed by atoms with E-state index in [1.807, 2.05) is 30.3 Å². The summed E-state index contributed by atoms with van der Waals surface area (Å²) in [6.07, 6.45) is 3.67. The molecule has 0 heterocycles. The van der Waals surface area contributed by atoms with Gasteiger partial charge >= 0.3 is 0 Å². The summed E-state index contributed by atoms with van der Waals surface area (Å²) in [5.74, 6) is 2.51. The van der Waals surface area contributed by atoms with Crippen LogP contribution in [0.4, 0.5) is 0 Å². The highest BCUT2D eigenvalue weighted by atomic mass is 16.5. The number of rotatable bonds is 10. The maximum absolute atomic E-state index is 5.77. The third-order valence-electron chi connectivity index (χ3n) is 3.39. The molecular weight excluding hydrogens is 246 g/mol. The summed E-state index contributed by atoms with van der Waals surface area (Å²) in [6, 6.07) is 10.7. The van der Waals surface area contributed by atoms with Gasteiger partial charge in [-0.2, -0.15) is 0 Å². The van der Waals surface area contributed by atoms with Crippen molar-refractivity contribution >= 4 is 0 Å². The zero-order valence-electron chi connectivity index (χ0n) is 13.6. The molecule has 0 aliphatic carbocycles. The van der Waals surface area contributed by atoms with E-state index in [9.17, 15) is 0 Å². The zero-order valence-corrected chi connectivity index (χ0v) is 13.6. The highest BCUT2D eigenvalue weighted by molar-refractivity contribution is 5.20. The number of hydrogen-bond acceptors (Lipinski definition) is 2. The molecular formula is C18H31NO. The Morgan fingerprint density at radius 2 is 1.75 bits per heavy atom.